The monoisotopic (exact) mass is 208 g/mol. The van der Waals surface area contributed by atoms with Gasteiger partial charge >= 0.3 is 5.97 Å². The predicted molar refractivity (Wildman–Crippen MR) is 39.8 cm³/mol. The molecule has 0 saturated heterocycles. The van der Waals surface area contributed by atoms with Crippen LogP contribution in [0.2, 0.25) is 0 Å². The quantitative estimate of drug-likeness (QED) is 0.822. The van der Waals surface area contributed by atoms with Gasteiger partial charge in [0.1, 0.15) is 11.3 Å². The minimum absolute atomic E-state index is 0.00116. The van der Waals surface area contributed by atoms with E-state index >= 15 is 0 Å². The van der Waals surface area contributed by atoms with Crippen LogP contribution in [-0.2, 0) is 6.54 Å². The number of halogens is 3. The molecule has 78 valence electrons. The smallest absolute Gasteiger partial charge is 0.342 e. The molecule has 1 heterocycles. The van der Waals surface area contributed by atoms with E-state index in [2.05, 4.69) is 5.10 Å². The maximum atomic E-state index is 13.1. The topological polar surface area (TPSA) is 55.1 Å². The number of hydrogen-bond acceptors (Lipinski definition) is 2. The number of aromatic nitrogens is 2. The summed E-state index contributed by atoms with van der Waals surface area (Å²) in [5.74, 6) is -2.98. The first kappa shape index (κ1) is 10.6. The molecule has 0 aliphatic rings. The zero-order valence-electron chi connectivity index (χ0n) is 7.17. The third-order valence-electron chi connectivity index (χ3n) is 1.64. The predicted octanol–water partition coefficient (Wildman–Crippen LogP) is 1.68. The molecule has 0 unspecified atom stereocenters. The summed E-state index contributed by atoms with van der Waals surface area (Å²) in [5, 5.41) is 11.6. The molecule has 1 rings (SSSR count). The van der Waals surface area contributed by atoms with E-state index in [1.54, 1.807) is 0 Å². The molecule has 0 aromatic carbocycles. The molecule has 0 aliphatic heterocycles. The van der Waals surface area contributed by atoms with E-state index in [1.165, 1.54) is 6.92 Å². The van der Waals surface area contributed by atoms with E-state index < -0.39 is 29.6 Å². The Bertz CT molecular complexity index is 362. The van der Waals surface area contributed by atoms with E-state index in [9.17, 15) is 18.0 Å². The number of aromatic carboxylic acids is 1. The van der Waals surface area contributed by atoms with Crippen molar-refractivity contribution >= 4 is 5.97 Å². The van der Waals surface area contributed by atoms with Gasteiger partial charge in [-0.15, -0.1) is 0 Å². The van der Waals surface area contributed by atoms with Gasteiger partial charge in [-0.1, -0.05) is 0 Å². The van der Waals surface area contributed by atoms with E-state index in [0.717, 1.165) is 0 Å². The van der Waals surface area contributed by atoms with Crippen LogP contribution in [0.5, 0.6) is 0 Å². The Morgan fingerprint density at radius 3 is 2.50 bits per heavy atom. The maximum absolute atomic E-state index is 13.1. The van der Waals surface area contributed by atoms with Crippen molar-refractivity contribution in [3.05, 3.63) is 17.2 Å². The summed E-state index contributed by atoms with van der Waals surface area (Å²) in [7, 11) is 0. The minimum Gasteiger partial charge on any atom is -0.477 e. The van der Waals surface area contributed by atoms with Crippen LogP contribution in [0, 0.1) is 5.95 Å². The molecule has 4 nitrogen and oxygen atoms in total. The summed E-state index contributed by atoms with van der Waals surface area (Å²) in [5.41, 5.74) is -2.08. The first-order valence-electron chi connectivity index (χ1n) is 3.76. The van der Waals surface area contributed by atoms with Crippen molar-refractivity contribution < 1.29 is 23.1 Å². The normalized spacial score (nSPS) is 10.9. The average Bonchev–Trinajstić information content (AvgIpc) is 2.42. The van der Waals surface area contributed by atoms with Gasteiger partial charge in [-0.2, -0.15) is 9.49 Å². The molecule has 0 aliphatic carbocycles. The van der Waals surface area contributed by atoms with Gasteiger partial charge in [0.05, 0.1) is 0 Å². The number of rotatable bonds is 3. The Labute approximate surface area is 77.0 Å². The van der Waals surface area contributed by atoms with E-state index in [0.29, 0.717) is 4.68 Å². The van der Waals surface area contributed by atoms with Gasteiger partial charge in [0.15, 0.2) is 0 Å². The van der Waals surface area contributed by atoms with Crippen molar-refractivity contribution in [2.75, 3.05) is 0 Å². The first-order valence-corrected chi connectivity index (χ1v) is 3.76. The van der Waals surface area contributed by atoms with Crippen molar-refractivity contribution in [1.82, 2.24) is 9.78 Å². The zero-order valence-corrected chi connectivity index (χ0v) is 7.17. The molecule has 14 heavy (non-hydrogen) atoms. The van der Waals surface area contributed by atoms with E-state index in [-0.39, 0.29) is 6.54 Å². The van der Waals surface area contributed by atoms with Crippen LogP contribution in [0.1, 0.15) is 29.4 Å². The van der Waals surface area contributed by atoms with Gasteiger partial charge in [-0.25, -0.2) is 18.3 Å². The highest BCUT2D eigenvalue weighted by molar-refractivity contribution is 5.89. The van der Waals surface area contributed by atoms with E-state index in [1.807, 2.05) is 0 Å². The Morgan fingerprint density at radius 1 is 1.64 bits per heavy atom. The number of carbonyl (C=O) groups is 1. The number of alkyl halides is 2. The molecule has 0 spiro atoms. The van der Waals surface area contributed by atoms with Gasteiger partial charge in [0.25, 0.3) is 6.43 Å². The Hall–Kier alpha value is -1.53. The molecule has 1 aromatic rings. The summed E-state index contributed by atoms with van der Waals surface area (Å²) in [6.07, 6.45) is -3.09. The molecule has 1 aromatic heterocycles. The van der Waals surface area contributed by atoms with Crippen molar-refractivity contribution in [2.45, 2.75) is 19.9 Å². The molecule has 1 N–H and O–H groups in total. The second-order valence-corrected chi connectivity index (χ2v) is 2.47. The molecule has 0 saturated carbocycles. The highest BCUT2D eigenvalue weighted by atomic mass is 19.3. The number of nitrogens with zero attached hydrogens (tertiary/aromatic N) is 2. The SMILES string of the molecule is CCn1nc(C(F)F)c(C(=O)O)c1F. The first-order chi connectivity index (χ1) is 6.49. The highest BCUT2D eigenvalue weighted by Gasteiger charge is 2.28. The lowest BCUT2D eigenvalue weighted by Gasteiger charge is -1.93. The molecule has 7 heteroatoms. The van der Waals surface area contributed by atoms with Crippen LogP contribution in [0.25, 0.3) is 0 Å². The van der Waals surface area contributed by atoms with Gasteiger partial charge < -0.3 is 5.11 Å². The fraction of sp³-hybridized carbons (Fsp3) is 0.429. The number of carboxylic acids is 1. The molecular weight excluding hydrogens is 201 g/mol. The Kier molecular flexibility index (Phi) is 2.78. The van der Waals surface area contributed by atoms with Crippen molar-refractivity contribution in [2.24, 2.45) is 0 Å². The largest absolute Gasteiger partial charge is 0.477 e. The summed E-state index contributed by atoms with van der Waals surface area (Å²) in [6, 6.07) is 0. The zero-order chi connectivity index (χ0) is 10.9. The van der Waals surface area contributed by atoms with Crippen LogP contribution in [0.15, 0.2) is 0 Å². The fourth-order valence-corrected chi connectivity index (χ4v) is 1.02. The highest BCUT2D eigenvalue weighted by Crippen LogP contribution is 2.23. The second-order valence-electron chi connectivity index (χ2n) is 2.47. The average molecular weight is 208 g/mol. The van der Waals surface area contributed by atoms with Gasteiger partial charge in [-0.3, -0.25) is 0 Å². The van der Waals surface area contributed by atoms with Crippen LogP contribution >= 0.6 is 0 Å². The van der Waals surface area contributed by atoms with Crippen molar-refractivity contribution in [3.63, 3.8) is 0 Å². The number of carboxylic acid groups (broad SMARTS) is 1. The third kappa shape index (κ3) is 1.57. The van der Waals surface area contributed by atoms with Crippen LogP contribution < -0.4 is 0 Å². The summed E-state index contributed by atoms with van der Waals surface area (Å²) in [4.78, 5) is 10.4. The van der Waals surface area contributed by atoms with Gasteiger partial charge in [-0.05, 0) is 6.92 Å². The lowest BCUT2D eigenvalue weighted by molar-refractivity contribution is 0.0678. The molecule has 0 bridgehead atoms. The third-order valence-corrected chi connectivity index (χ3v) is 1.64. The summed E-state index contributed by atoms with van der Waals surface area (Å²) in [6.45, 7) is 1.47. The van der Waals surface area contributed by atoms with E-state index in [4.69, 9.17) is 5.11 Å². The maximum Gasteiger partial charge on any atom is 0.342 e. The van der Waals surface area contributed by atoms with Crippen LogP contribution in [0.4, 0.5) is 13.2 Å². The van der Waals surface area contributed by atoms with Gasteiger partial charge in [0.2, 0.25) is 5.95 Å². The number of aryl methyl sites for hydroxylation is 1. The van der Waals surface area contributed by atoms with Crippen LogP contribution in [-0.4, -0.2) is 20.9 Å². The molecule has 0 atom stereocenters. The molecule has 0 fully saturated rings. The lowest BCUT2D eigenvalue weighted by atomic mass is 10.2. The second kappa shape index (κ2) is 3.69. The molecule has 0 amide bonds. The lowest BCUT2D eigenvalue weighted by Crippen LogP contribution is -2.04. The summed E-state index contributed by atoms with van der Waals surface area (Å²) >= 11 is 0. The summed E-state index contributed by atoms with van der Waals surface area (Å²) < 4.78 is 38.1. The minimum atomic E-state index is -3.09. The van der Waals surface area contributed by atoms with Crippen molar-refractivity contribution in [3.8, 4) is 0 Å². The standard InChI is InChI=1S/C7H7F3N2O2/c1-2-12-6(10)3(7(13)14)4(11-12)5(8)9/h5H,2H2,1H3,(H,13,14). The van der Waals surface area contributed by atoms with Gasteiger partial charge in [0, 0.05) is 6.54 Å². The molecular formula is C7H7F3N2O2. The molecule has 0 radical (unpaired) electrons. The van der Waals surface area contributed by atoms with Crippen LogP contribution in [0.3, 0.4) is 0 Å². The fourth-order valence-electron chi connectivity index (χ4n) is 1.02. The van der Waals surface area contributed by atoms with Crippen molar-refractivity contribution in [1.29, 1.82) is 0 Å². The Morgan fingerprint density at radius 2 is 2.21 bits per heavy atom. The number of hydrogen-bond donors (Lipinski definition) is 1. The Balaban J connectivity index is 3.35.